The van der Waals surface area contributed by atoms with E-state index in [4.69, 9.17) is 26.6 Å². The van der Waals surface area contributed by atoms with Gasteiger partial charge < -0.3 is 40.3 Å². The second kappa shape index (κ2) is 43.5. The number of anilines is 1. The molecule has 147 heavy (non-hydrogen) atoms. The van der Waals surface area contributed by atoms with Crippen molar-refractivity contribution in [3.8, 4) is 27.0 Å². The molecule has 5 aliphatic rings. The molecule has 0 spiro atoms. The SMILES string of the molecule is CC(C)(O)c1ccc(S(=O)(=O)c2sc(-c3ccccc3)nc2C2CC2)cc1.CC(C)(O)c1ccc(S(=O)(=O)c2sc(-n3cccn3)nc2Cl)cc1.CC(C)(O)c1ccc(S(=O)(=O)c2sc(C#N)nc2C2CC2)cc1.CC(C)(O)c1ccc(S(=O)(=O)c2sc(N3CCCC3)nc2C(F)(F)F)cc1.CC(C)(O)c1ccc(S(=O)(=O)c2scnc2C2CC2)cc1.CC(C)Oc1nc(C2CC2)c(S(=O)(=O)c2ccc(C(C)(C)O)cc2)s1. The summed E-state index contributed by atoms with van der Waals surface area (Å²) >= 11 is 12.0. The van der Waals surface area contributed by atoms with Crippen molar-refractivity contribution in [3.05, 3.63) is 272 Å². The van der Waals surface area contributed by atoms with Crippen LogP contribution < -0.4 is 9.64 Å². The Balaban J connectivity index is 0.000000140. The van der Waals surface area contributed by atoms with Gasteiger partial charge in [0.1, 0.15) is 23.7 Å². The van der Waals surface area contributed by atoms with Crippen molar-refractivity contribution in [1.82, 2.24) is 39.7 Å². The van der Waals surface area contributed by atoms with E-state index in [1.54, 1.807) is 195 Å². The van der Waals surface area contributed by atoms with Crippen LogP contribution in [0.4, 0.5) is 18.3 Å². The van der Waals surface area contributed by atoms with Crippen molar-refractivity contribution >= 4 is 144 Å². The lowest BCUT2D eigenvalue weighted by Gasteiger charge is -2.17. The monoisotopic (exact) mass is 2250 g/mol. The van der Waals surface area contributed by atoms with Crippen LogP contribution in [-0.4, -0.2) is 140 Å². The molecular formula is C102H110ClF3N10O19S12. The van der Waals surface area contributed by atoms with Crippen molar-refractivity contribution in [2.75, 3.05) is 18.0 Å². The average molecular weight is 2260 g/mol. The number of alkyl halides is 3. The number of ether oxygens (including phenoxy) is 1. The van der Waals surface area contributed by atoms with Gasteiger partial charge in [-0.05, 0) is 273 Å². The minimum absolute atomic E-state index is 0.0364. The molecule has 45 heteroatoms. The van der Waals surface area contributed by atoms with Crippen LogP contribution in [0.1, 0.15) is 252 Å². The lowest BCUT2D eigenvalue weighted by atomic mass is 9.99. The van der Waals surface area contributed by atoms with Gasteiger partial charge in [-0.25, -0.2) is 85.1 Å². The molecule has 0 atom stereocenters. The third-order valence-corrected chi connectivity index (χ3v) is 44.2. The molecule has 782 valence electrons. The first-order valence-electron chi connectivity index (χ1n) is 46.5. The highest BCUT2D eigenvalue weighted by Crippen LogP contribution is 2.52. The number of hydrogen-bond donors (Lipinski definition) is 6. The van der Waals surface area contributed by atoms with E-state index in [2.05, 4.69) is 30.0 Å². The Morgan fingerprint density at radius 2 is 0.728 bits per heavy atom. The van der Waals surface area contributed by atoms with Gasteiger partial charge in [-0.1, -0.05) is 160 Å². The summed E-state index contributed by atoms with van der Waals surface area (Å²) in [6.45, 7) is 24.5. The van der Waals surface area contributed by atoms with E-state index in [-0.39, 0.29) is 81.2 Å². The Labute approximate surface area is 882 Å². The molecule has 1 aliphatic heterocycles. The predicted octanol–water partition coefficient (Wildman–Crippen LogP) is 21.5. The van der Waals surface area contributed by atoms with Crippen LogP contribution in [0.25, 0.3) is 15.7 Å². The van der Waals surface area contributed by atoms with Gasteiger partial charge in [0.15, 0.2) is 33.6 Å². The molecule has 0 radical (unpaired) electrons. The third-order valence-electron chi connectivity index (χ3n) is 23.9. The zero-order chi connectivity index (χ0) is 107. The molecule has 19 rings (SSSR count). The topological polar surface area (TPSA) is 458 Å². The Kier molecular flexibility index (Phi) is 33.4. The van der Waals surface area contributed by atoms with Crippen LogP contribution in [0.3, 0.4) is 0 Å². The molecule has 14 aromatic rings. The lowest BCUT2D eigenvalue weighted by Crippen LogP contribution is -2.18. The molecule has 7 aromatic carbocycles. The van der Waals surface area contributed by atoms with Gasteiger partial charge in [0.05, 0.1) is 97.4 Å². The van der Waals surface area contributed by atoms with Gasteiger partial charge in [0, 0.05) is 54.7 Å². The molecule has 4 saturated carbocycles. The van der Waals surface area contributed by atoms with Crippen LogP contribution in [0, 0.1) is 11.3 Å². The third kappa shape index (κ3) is 26.8. The first-order chi connectivity index (χ1) is 68.5. The maximum absolute atomic E-state index is 13.4. The minimum Gasteiger partial charge on any atom is -0.467 e. The normalized spacial score (nSPS) is 15.1. The molecule has 5 fully saturated rings. The summed E-state index contributed by atoms with van der Waals surface area (Å²) in [5, 5.41) is 74.7. The molecule has 4 aliphatic carbocycles. The van der Waals surface area contributed by atoms with E-state index in [1.165, 1.54) is 89.7 Å². The zero-order valence-electron chi connectivity index (χ0n) is 82.3. The zero-order valence-corrected chi connectivity index (χ0v) is 92.9. The Morgan fingerprint density at radius 1 is 0.395 bits per heavy atom. The number of rotatable bonds is 27. The van der Waals surface area contributed by atoms with Gasteiger partial charge in [-0.15, -0.1) is 22.7 Å². The van der Waals surface area contributed by atoms with Gasteiger partial charge >= 0.3 is 6.18 Å². The van der Waals surface area contributed by atoms with Crippen LogP contribution in [0.5, 0.6) is 5.19 Å². The highest BCUT2D eigenvalue weighted by atomic mass is 35.5. The van der Waals surface area contributed by atoms with E-state index in [1.807, 2.05) is 50.2 Å². The van der Waals surface area contributed by atoms with Crippen molar-refractivity contribution in [2.24, 2.45) is 0 Å². The van der Waals surface area contributed by atoms with E-state index in [0.717, 1.165) is 109 Å². The van der Waals surface area contributed by atoms with Crippen molar-refractivity contribution in [1.29, 1.82) is 5.26 Å². The number of thiazole rings is 6. The second-order valence-corrected chi connectivity index (χ2v) is 58.2. The summed E-state index contributed by atoms with van der Waals surface area (Å²) in [6, 6.07) is 50.1. The molecular weight excluding hydrogens is 2150 g/mol. The van der Waals surface area contributed by atoms with Crippen molar-refractivity contribution in [2.45, 2.75) is 285 Å². The van der Waals surface area contributed by atoms with Gasteiger partial charge in [0.25, 0.3) is 5.19 Å². The maximum Gasteiger partial charge on any atom is 0.435 e. The minimum atomic E-state index is -4.87. The van der Waals surface area contributed by atoms with E-state index >= 15 is 0 Å². The summed E-state index contributed by atoms with van der Waals surface area (Å²) in [5.41, 5.74) is 1.23. The second-order valence-electron chi connectivity index (χ2n) is 39.2. The Bertz CT molecular complexity index is 7840. The lowest BCUT2D eigenvalue weighted by molar-refractivity contribution is -0.142. The number of benzene rings is 7. The molecule has 6 N–H and O–H groups in total. The summed E-state index contributed by atoms with van der Waals surface area (Å²) in [4.78, 5) is 27.6. The molecule has 0 unspecified atom stereocenters. The highest BCUT2D eigenvalue weighted by molar-refractivity contribution is 7.95. The van der Waals surface area contributed by atoms with E-state index < -0.39 is 109 Å². The number of hydrogen-bond acceptors (Lipinski definition) is 34. The fraction of sp³-hybridized carbons (Fsp3) is 0.373. The van der Waals surface area contributed by atoms with Gasteiger partial charge in [-0.3, -0.25) is 0 Å². The van der Waals surface area contributed by atoms with Gasteiger partial charge in [0.2, 0.25) is 64.2 Å². The summed E-state index contributed by atoms with van der Waals surface area (Å²) in [5.74, 6) is 0.894. The fourth-order valence-electron chi connectivity index (χ4n) is 15.0. The smallest absolute Gasteiger partial charge is 0.435 e. The Hall–Kier alpha value is -9.84. The van der Waals surface area contributed by atoms with E-state index in [0.29, 0.717) is 105 Å². The van der Waals surface area contributed by atoms with Crippen molar-refractivity contribution < 1.29 is 99.1 Å². The first kappa shape index (κ1) is 113. The molecule has 1 saturated heterocycles. The largest absolute Gasteiger partial charge is 0.467 e. The maximum atomic E-state index is 13.4. The van der Waals surface area contributed by atoms with Crippen molar-refractivity contribution in [3.63, 3.8) is 0 Å². The van der Waals surface area contributed by atoms with Crippen LogP contribution in [-0.2, 0) is 98.8 Å². The molecule has 8 heterocycles. The molecule has 0 bridgehead atoms. The summed E-state index contributed by atoms with van der Waals surface area (Å²) < 4.78 is 203. The quantitative estimate of drug-likeness (QED) is 0.0278. The first-order valence-corrected chi connectivity index (χ1v) is 60.8. The standard InChI is InChI=1S/C21H21NO3S2.C18H23NO4S2.C17H19F3N2O3S2.C16H16N2O3S2.C15H14ClN3O3S2.C15H17NO3S2/c1-21(2,23)16-10-12-17(13-11-16)27(24,25)20-18(14-8-9-14)22-19(26-20)15-6-4-3-5-7-15;1-11(2)23-17-19-15(12-5-6-12)16(24-17)25(21,22)14-9-7-13(8-10-14)18(3,4)20;1-16(2,23)11-5-7-12(8-6-11)27(24,25)14-13(17(18,19)20)21-15(26-14)22-9-3-4-10-22;1-16(2,19)11-5-7-12(8-6-11)23(20,21)15-14(10-3-4-10)18-13(9-17)22-15;1-15(2,20)10-4-6-11(7-5-10)24(21,22)13-12(16)18-14(23-13)19-9-3-8-17-19;1-15(2,17)11-5-7-12(8-6-11)21(18,19)14-13(10-3-4-10)16-9-20-14/h3-7,10-14,23H,8-9H2,1-2H3;7-12,20H,5-6H2,1-4H3;5-8,23H,3-4,9-10H2,1-2H3;5-8,10,19H,3-4H2,1-2H3;3-9,20H,1-2H3;5-10,17H,3-4H2,1-2H3. The number of nitriles is 1. The number of nitrogens with zero attached hydrogens (tertiary/aromatic N) is 10. The number of aromatic nitrogens is 8. The summed E-state index contributed by atoms with van der Waals surface area (Å²) in [6.07, 6.45) is 7.72. The fourth-order valence-corrected chi connectivity index (χ4v) is 32.6. The van der Waals surface area contributed by atoms with Crippen LogP contribution >= 0.6 is 79.6 Å². The van der Waals surface area contributed by atoms with Crippen LogP contribution in [0.2, 0.25) is 5.15 Å². The molecule has 0 amide bonds. The summed E-state index contributed by atoms with van der Waals surface area (Å²) in [7, 11) is -22.7. The molecule has 29 nitrogen and oxygen atoms in total. The van der Waals surface area contributed by atoms with Crippen LogP contribution in [0.15, 0.2) is 255 Å². The Morgan fingerprint density at radius 3 is 1.07 bits per heavy atom. The van der Waals surface area contributed by atoms with E-state index in [9.17, 15) is 94.3 Å². The highest BCUT2D eigenvalue weighted by Gasteiger charge is 2.45. The molecule has 7 aromatic heterocycles. The number of aliphatic hydroxyl groups is 6. The van der Waals surface area contributed by atoms with Gasteiger partial charge in [-0.2, -0.15) is 23.5 Å². The number of halogens is 4. The predicted molar refractivity (Wildman–Crippen MR) is 558 cm³/mol. The number of sulfone groups is 6. The average Bonchev–Trinajstić information content (AvgIpc) is 1.63.